The normalized spacial score (nSPS) is 17.4. The SMILES string of the molecule is CC[C@H](COC)Nc1cccc(S(F)(F)(F)(F)F)c1. The van der Waals surface area contributed by atoms with E-state index in [2.05, 4.69) is 5.32 Å². The fourth-order valence-corrected chi connectivity index (χ4v) is 2.21. The third-order valence-corrected chi connectivity index (χ3v) is 3.66. The number of ether oxygens (including phenoxy) is 1. The fraction of sp³-hybridized carbons (Fsp3) is 0.455. The molecule has 0 radical (unpaired) electrons. The summed E-state index contributed by atoms with van der Waals surface area (Å²) in [6.45, 7) is 2.09. The van der Waals surface area contributed by atoms with Crippen LogP contribution in [0.4, 0.5) is 25.1 Å². The van der Waals surface area contributed by atoms with Gasteiger partial charge >= 0.3 is 10.2 Å². The number of methoxy groups -OCH3 is 1. The smallest absolute Gasteiger partial charge is 0.310 e. The van der Waals surface area contributed by atoms with Gasteiger partial charge in [0.25, 0.3) is 0 Å². The molecule has 0 aliphatic heterocycles. The topological polar surface area (TPSA) is 21.3 Å². The van der Waals surface area contributed by atoms with Gasteiger partial charge in [-0.1, -0.05) is 32.4 Å². The highest BCUT2D eigenvalue weighted by Crippen LogP contribution is 3.02. The van der Waals surface area contributed by atoms with Crippen molar-refractivity contribution in [3.63, 3.8) is 0 Å². The molecule has 112 valence electrons. The number of halogens is 5. The average molecular weight is 305 g/mol. The molecule has 0 spiro atoms. The van der Waals surface area contributed by atoms with Crippen molar-refractivity contribution in [2.24, 2.45) is 0 Å². The van der Waals surface area contributed by atoms with Gasteiger partial charge in [-0.2, -0.15) is 0 Å². The van der Waals surface area contributed by atoms with Crippen LogP contribution in [0.1, 0.15) is 13.3 Å². The Morgan fingerprint density at radius 3 is 2.32 bits per heavy atom. The van der Waals surface area contributed by atoms with E-state index in [9.17, 15) is 19.4 Å². The number of nitrogens with one attached hydrogen (secondary N) is 1. The van der Waals surface area contributed by atoms with Gasteiger partial charge in [0.1, 0.15) is 4.90 Å². The first kappa shape index (κ1) is 16.0. The van der Waals surface area contributed by atoms with Crippen molar-refractivity contribution >= 4 is 15.9 Å². The third-order valence-electron chi connectivity index (χ3n) is 2.51. The molecule has 0 saturated heterocycles. The van der Waals surface area contributed by atoms with Crippen LogP contribution in [0.2, 0.25) is 0 Å². The summed E-state index contributed by atoms with van der Waals surface area (Å²) in [5.41, 5.74) is -0.00495. The molecule has 19 heavy (non-hydrogen) atoms. The fourth-order valence-electron chi connectivity index (χ4n) is 1.52. The molecule has 1 N–H and O–H groups in total. The van der Waals surface area contributed by atoms with E-state index >= 15 is 0 Å². The predicted molar refractivity (Wildman–Crippen MR) is 67.4 cm³/mol. The molecule has 0 aromatic heterocycles. The highest BCUT2D eigenvalue weighted by Gasteiger charge is 2.65. The van der Waals surface area contributed by atoms with Gasteiger partial charge in [-0.3, -0.25) is 0 Å². The zero-order valence-corrected chi connectivity index (χ0v) is 11.3. The lowest BCUT2D eigenvalue weighted by molar-refractivity contribution is 0.184. The van der Waals surface area contributed by atoms with Gasteiger partial charge in [0.15, 0.2) is 0 Å². The molecule has 0 aliphatic carbocycles. The van der Waals surface area contributed by atoms with Gasteiger partial charge in [-0.25, -0.2) is 0 Å². The van der Waals surface area contributed by atoms with Gasteiger partial charge in [0, 0.05) is 18.8 Å². The van der Waals surface area contributed by atoms with E-state index in [-0.39, 0.29) is 18.3 Å². The second-order valence-electron chi connectivity index (χ2n) is 4.20. The Morgan fingerprint density at radius 2 is 1.84 bits per heavy atom. The van der Waals surface area contributed by atoms with Crippen LogP contribution in [-0.2, 0) is 4.74 Å². The number of rotatable bonds is 6. The quantitative estimate of drug-likeness (QED) is 0.731. The molecule has 1 rings (SSSR count). The lowest BCUT2D eigenvalue weighted by atomic mass is 10.2. The van der Waals surface area contributed by atoms with Gasteiger partial charge in [0.05, 0.1) is 6.61 Å². The maximum atomic E-state index is 12.6. The van der Waals surface area contributed by atoms with Gasteiger partial charge in [-0.05, 0) is 24.6 Å². The van der Waals surface area contributed by atoms with E-state index in [1.165, 1.54) is 13.2 Å². The summed E-state index contributed by atoms with van der Waals surface area (Å²) in [6.07, 6.45) is 0.592. The molecular formula is C11H16F5NOS. The first-order valence-corrected chi connectivity index (χ1v) is 7.51. The van der Waals surface area contributed by atoms with E-state index < -0.39 is 15.1 Å². The molecule has 0 fully saturated rings. The summed E-state index contributed by atoms with van der Waals surface area (Å²) in [4.78, 5) is -1.89. The summed E-state index contributed by atoms with van der Waals surface area (Å²) < 4.78 is 68.1. The van der Waals surface area contributed by atoms with Crippen molar-refractivity contribution in [2.45, 2.75) is 24.3 Å². The summed E-state index contributed by atoms with van der Waals surface area (Å²) in [5, 5.41) is 2.74. The van der Waals surface area contributed by atoms with Crippen LogP contribution in [0.3, 0.4) is 0 Å². The van der Waals surface area contributed by atoms with Crippen LogP contribution in [0, 0.1) is 0 Å². The predicted octanol–water partition coefficient (Wildman–Crippen LogP) is 5.18. The molecule has 0 bridgehead atoms. The Balaban J connectivity index is 3.03. The second-order valence-corrected chi connectivity index (χ2v) is 6.61. The van der Waals surface area contributed by atoms with Gasteiger partial charge < -0.3 is 10.1 Å². The van der Waals surface area contributed by atoms with E-state index in [1.807, 2.05) is 6.92 Å². The summed E-state index contributed by atoms with van der Waals surface area (Å²) in [5.74, 6) is 0. The molecule has 8 heteroatoms. The van der Waals surface area contributed by atoms with Crippen LogP contribution in [-0.4, -0.2) is 19.8 Å². The van der Waals surface area contributed by atoms with Crippen molar-refractivity contribution in [1.82, 2.24) is 0 Å². The zero-order chi connectivity index (χ0) is 14.8. The molecular weight excluding hydrogens is 289 g/mol. The molecule has 1 aromatic rings. The van der Waals surface area contributed by atoms with Gasteiger partial charge in [-0.15, -0.1) is 0 Å². The Morgan fingerprint density at radius 1 is 1.21 bits per heavy atom. The maximum absolute atomic E-state index is 12.6. The Labute approximate surface area is 108 Å². The molecule has 0 amide bonds. The second kappa shape index (κ2) is 4.52. The standard InChI is InChI=1S/C11H16F5NOS/c1-3-9(8-18-2)17-10-5-4-6-11(7-10)19(12,13,14,15)16/h4-7,9,17H,3,8H2,1-2H3/t9-/m1/s1. The minimum atomic E-state index is -9.62. The largest absolute Gasteiger partial charge is 0.383 e. The van der Waals surface area contributed by atoms with Crippen molar-refractivity contribution in [3.8, 4) is 0 Å². The molecule has 1 atom stereocenters. The minimum Gasteiger partial charge on any atom is -0.383 e. The van der Waals surface area contributed by atoms with E-state index in [4.69, 9.17) is 4.74 Å². The van der Waals surface area contributed by atoms with Crippen molar-refractivity contribution in [3.05, 3.63) is 24.3 Å². The van der Waals surface area contributed by atoms with E-state index in [1.54, 1.807) is 0 Å². The Bertz CT molecular complexity index is 447. The van der Waals surface area contributed by atoms with Crippen LogP contribution >= 0.6 is 10.2 Å². The Kier molecular flexibility index (Phi) is 3.81. The molecule has 0 heterocycles. The molecule has 0 saturated carbocycles. The molecule has 2 nitrogen and oxygen atoms in total. The van der Waals surface area contributed by atoms with E-state index in [0.717, 1.165) is 6.07 Å². The van der Waals surface area contributed by atoms with Crippen LogP contribution in [0.15, 0.2) is 29.2 Å². The third kappa shape index (κ3) is 4.87. The number of hydrogen-bond acceptors (Lipinski definition) is 2. The zero-order valence-electron chi connectivity index (χ0n) is 10.5. The van der Waals surface area contributed by atoms with Crippen molar-refractivity contribution in [1.29, 1.82) is 0 Å². The summed E-state index contributed by atoms with van der Waals surface area (Å²) in [6, 6.07) is 2.84. The van der Waals surface area contributed by atoms with Crippen LogP contribution in [0.5, 0.6) is 0 Å². The van der Waals surface area contributed by atoms with Crippen molar-refractivity contribution < 1.29 is 24.2 Å². The highest BCUT2D eigenvalue weighted by atomic mass is 32.5. The maximum Gasteiger partial charge on any atom is 0.310 e. The van der Waals surface area contributed by atoms with Crippen LogP contribution in [0.25, 0.3) is 0 Å². The van der Waals surface area contributed by atoms with Crippen LogP contribution < -0.4 is 5.32 Å². The average Bonchev–Trinajstić information content (AvgIpc) is 2.26. The Hall–Kier alpha value is -1.02. The lowest BCUT2D eigenvalue weighted by Gasteiger charge is -2.40. The molecule has 0 unspecified atom stereocenters. The minimum absolute atomic E-state index is 0.00495. The molecule has 1 aromatic carbocycles. The molecule has 0 aliphatic rings. The first-order chi connectivity index (χ1) is 8.46. The monoisotopic (exact) mass is 305 g/mol. The van der Waals surface area contributed by atoms with Crippen molar-refractivity contribution in [2.75, 3.05) is 19.0 Å². The first-order valence-electron chi connectivity index (χ1n) is 5.56. The number of hydrogen-bond donors (Lipinski definition) is 1. The van der Waals surface area contributed by atoms with Gasteiger partial charge in [0.2, 0.25) is 0 Å². The number of anilines is 1. The summed E-state index contributed by atoms with van der Waals surface area (Å²) >= 11 is 0. The highest BCUT2D eigenvalue weighted by molar-refractivity contribution is 8.45. The lowest BCUT2D eigenvalue weighted by Crippen LogP contribution is -2.24. The summed E-state index contributed by atoms with van der Waals surface area (Å²) in [7, 11) is -8.17. The number of benzene rings is 1. The van der Waals surface area contributed by atoms with E-state index in [0.29, 0.717) is 18.6 Å².